The predicted octanol–water partition coefficient (Wildman–Crippen LogP) is 2.51. The quantitative estimate of drug-likeness (QED) is 0.485. The molecule has 1 N–H and O–H groups in total. The van der Waals surface area contributed by atoms with E-state index in [1.807, 2.05) is 30.3 Å². The van der Waals surface area contributed by atoms with Crippen LogP contribution in [0.15, 0.2) is 54.6 Å². The van der Waals surface area contributed by atoms with Gasteiger partial charge in [-0.1, -0.05) is 30.3 Å². The van der Waals surface area contributed by atoms with Crippen molar-refractivity contribution in [1.82, 2.24) is 10.2 Å². The highest BCUT2D eigenvalue weighted by molar-refractivity contribution is 7.80. The second-order valence-corrected chi connectivity index (χ2v) is 5.62. The van der Waals surface area contributed by atoms with Crippen LogP contribution in [0.2, 0.25) is 0 Å². The van der Waals surface area contributed by atoms with Crippen LogP contribution in [0.3, 0.4) is 0 Å². The maximum Gasteiger partial charge on any atom is 0.269 e. The van der Waals surface area contributed by atoms with E-state index in [2.05, 4.69) is 5.32 Å². The minimum absolute atomic E-state index is 0.0412. The van der Waals surface area contributed by atoms with E-state index in [4.69, 9.17) is 17.0 Å². The largest absolute Gasteiger partial charge is 0.484 e. The fourth-order valence-electron chi connectivity index (χ4n) is 1.99. The molecule has 1 amide bonds. The molecule has 0 aliphatic heterocycles. The Morgan fingerprint density at radius 1 is 1.20 bits per heavy atom. The summed E-state index contributed by atoms with van der Waals surface area (Å²) in [6.07, 6.45) is 0. The zero-order chi connectivity index (χ0) is 18.2. The number of benzene rings is 2. The van der Waals surface area contributed by atoms with E-state index >= 15 is 0 Å². The first kappa shape index (κ1) is 18.3. The highest BCUT2D eigenvalue weighted by Gasteiger charge is 2.11. The first-order chi connectivity index (χ1) is 12.0. The van der Waals surface area contributed by atoms with Gasteiger partial charge in [-0.05, 0) is 29.9 Å². The molecular formula is C17H17N3O4S. The SMILES string of the molecule is CN(Cc1ccccc1)C(=S)NC(=O)COc1ccc([N+](=O)[O-])cc1. The number of nitro benzene ring substituents is 1. The number of ether oxygens (including phenoxy) is 1. The summed E-state index contributed by atoms with van der Waals surface area (Å²) in [6, 6.07) is 15.2. The molecule has 0 unspecified atom stereocenters. The lowest BCUT2D eigenvalue weighted by Crippen LogP contribution is -2.42. The molecule has 0 fully saturated rings. The fourth-order valence-corrected chi connectivity index (χ4v) is 2.17. The average molecular weight is 359 g/mol. The summed E-state index contributed by atoms with van der Waals surface area (Å²) in [5.41, 5.74) is 1.03. The van der Waals surface area contributed by atoms with Crippen LogP contribution >= 0.6 is 12.2 Å². The van der Waals surface area contributed by atoms with E-state index in [0.717, 1.165) is 5.56 Å². The fraction of sp³-hybridized carbons (Fsp3) is 0.176. The Hall–Kier alpha value is -3.00. The first-order valence-electron chi connectivity index (χ1n) is 7.42. The molecule has 0 aromatic heterocycles. The lowest BCUT2D eigenvalue weighted by atomic mass is 10.2. The maximum atomic E-state index is 11.9. The lowest BCUT2D eigenvalue weighted by molar-refractivity contribution is -0.384. The highest BCUT2D eigenvalue weighted by Crippen LogP contribution is 2.17. The van der Waals surface area contributed by atoms with Crippen molar-refractivity contribution in [3.63, 3.8) is 0 Å². The number of nitro groups is 1. The van der Waals surface area contributed by atoms with Gasteiger partial charge >= 0.3 is 0 Å². The molecule has 0 saturated carbocycles. The van der Waals surface area contributed by atoms with Gasteiger partial charge in [0.15, 0.2) is 11.7 Å². The smallest absolute Gasteiger partial charge is 0.269 e. The van der Waals surface area contributed by atoms with Gasteiger partial charge < -0.3 is 15.0 Å². The average Bonchev–Trinajstić information content (AvgIpc) is 2.61. The zero-order valence-corrected chi connectivity index (χ0v) is 14.4. The van der Waals surface area contributed by atoms with Crippen molar-refractivity contribution >= 4 is 28.9 Å². The second-order valence-electron chi connectivity index (χ2n) is 5.23. The number of nitrogens with one attached hydrogen (secondary N) is 1. The molecule has 0 bridgehead atoms. The van der Waals surface area contributed by atoms with Gasteiger partial charge in [0.1, 0.15) is 5.75 Å². The number of hydrogen-bond acceptors (Lipinski definition) is 5. The molecule has 25 heavy (non-hydrogen) atoms. The number of thiocarbonyl (C=S) groups is 1. The van der Waals surface area contributed by atoms with Crippen molar-refractivity contribution in [3.05, 3.63) is 70.3 Å². The normalized spacial score (nSPS) is 9.96. The number of carbonyl (C=O) groups is 1. The maximum absolute atomic E-state index is 11.9. The van der Waals surface area contributed by atoms with Crippen molar-refractivity contribution in [2.45, 2.75) is 6.54 Å². The highest BCUT2D eigenvalue weighted by atomic mass is 32.1. The van der Waals surface area contributed by atoms with Gasteiger partial charge in [-0.2, -0.15) is 0 Å². The van der Waals surface area contributed by atoms with E-state index in [1.165, 1.54) is 24.3 Å². The Bertz CT molecular complexity index is 750. The Balaban J connectivity index is 1.79. The molecule has 2 aromatic carbocycles. The molecule has 0 atom stereocenters. The van der Waals surface area contributed by atoms with E-state index in [9.17, 15) is 14.9 Å². The molecule has 2 aromatic rings. The van der Waals surface area contributed by atoms with Gasteiger partial charge in [0.25, 0.3) is 11.6 Å². The van der Waals surface area contributed by atoms with Gasteiger partial charge in [0.2, 0.25) is 0 Å². The van der Waals surface area contributed by atoms with Crippen molar-refractivity contribution in [2.24, 2.45) is 0 Å². The number of non-ortho nitro benzene ring substituents is 1. The summed E-state index contributed by atoms with van der Waals surface area (Å²) in [4.78, 5) is 23.7. The summed E-state index contributed by atoms with van der Waals surface area (Å²) < 4.78 is 5.29. The molecule has 8 heteroatoms. The van der Waals surface area contributed by atoms with Gasteiger partial charge in [-0.25, -0.2) is 0 Å². The Kier molecular flexibility index (Phi) is 6.41. The van der Waals surface area contributed by atoms with Crippen LogP contribution in [0.25, 0.3) is 0 Å². The molecule has 0 spiro atoms. The predicted molar refractivity (Wildman–Crippen MR) is 97.2 cm³/mol. The van der Waals surface area contributed by atoms with Crippen LogP contribution in [0, 0.1) is 10.1 Å². The van der Waals surface area contributed by atoms with Crippen molar-refractivity contribution < 1.29 is 14.5 Å². The second kappa shape index (κ2) is 8.74. The van der Waals surface area contributed by atoms with Crippen LogP contribution in [0.4, 0.5) is 5.69 Å². The van der Waals surface area contributed by atoms with Crippen molar-refractivity contribution in [3.8, 4) is 5.75 Å². The summed E-state index contributed by atoms with van der Waals surface area (Å²) in [7, 11) is 1.78. The lowest BCUT2D eigenvalue weighted by Gasteiger charge is -2.20. The minimum atomic E-state index is -0.502. The number of amides is 1. The topological polar surface area (TPSA) is 84.7 Å². The van der Waals surface area contributed by atoms with Crippen LogP contribution in [0.5, 0.6) is 5.75 Å². The molecule has 2 rings (SSSR count). The third-order valence-corrected chi connectivity index (χ3v) is 3.69. The molecule has 0 aliphatic rings. The number of rotatable bonds is 6. The molecule has 0 radical (unpaired) electrons. The van der Waals surface area contributed by atoms with Gasteiger partial charge in [-0.15, -0.1) is 0 Å². The van der Waals surface area contributed by atoms with Crippen LogP contribution < -0.4 is 10.1 Å². The van der Waals surface area contributed by atoms with E-state index in [-0.39, 0.29) is 12.3 Å². The zero-order valence-electron chi connectivity index (χ0n) is 13.5. The Labute approximate surface area is 150 Å². The first-order valence-corrected chi connectivity index (χ1v) is 7.82. The Morgan fingerprint density at radius 3 is 2.44 bits per heavy atom. The standard InChI is InChI=1S/C17H17N3O4S/c1-19(11-13-5-3-2-4-6-13)17(25)18-16(21)12-24-15-9-7-14(8-10-15)20(22)23/h2-10H,11-12H2,1H3,(H,18,21,25). The van der Waals surface area contributed by atoms with Crippen molar-refractivity contribution in [1.29, 1.82) is 0 Å². The molecular weight excluding hydrogens is 342 g/mol. The summed E-state index contributed by atoms with van der Waals surface area (Å²) >= 11 is 5.19. The number of hydrogen-bond donors (Lipinski definition) is 1. The number of carbonyl (C=O) groups excluding carboxylic acids is 1. The minimum Gasteiger partial charge on any atom is -0.484 e. The summed E-state index contributed by atoms with van der Waals surface area (Å²) in [6.45, 7) is 0.334. The molecule has 0 saturated heterocycles. The summed E-state index contributed by atoms with van der Waals surface area (Å²) in [5, 5.41) is 13.5. The number of nitrogens with zero attached hydrogens (tertiary/aromatic N) is 2. The Morgan fingerprint density at radius 2 is 1.84 bits per heavy atom. The third-order valence-electron chi connectivity index (χ3n) is 3.27. The van der Waals surface area contributed by atoms with Crippen LogP contribution in [-0.4, -0.2) is 34.5 Å². The van der Waals surface area contributed by atoms with Crippen molar-refractivity contribution in [2.75, 3.05) is 13.7 Å². The third kappa shape index (κ3) is 5.85. The van der Waals surface area contributed by atoms with E-state index in [0.29, 0.717) is 17.4 Å². The molecule has 7 nitrogen and oxygen atoms in total. The monoisotopic (exact) mass is 359 g/mol. The van der Waals surface area contributed by atoms with Gasteiger partial charge in [-0.3, -0.25) is 14.9 Å². The summed E-state index contributed by atoms with van der Waals surface area (Å²) in [5.74, 6) is -0.0347. The van der Waals surface area contributed by atoms with Gasteiger partial charge in [0, 0.05) is 25.7 Å². The van der Waals surface area contributed by atoms with Crippen LogP contribution in [0.1, 0.15) is 5.56 Å². The van der Waals surface area contributed by atoms with Gasteiger partial charge in [0.05, 0.1) is 4.92 Å². The molecule has 0 heterocycles. The van der Waals surface area contributed by atoms with Crippen LogP contribution in [-0.2, 0) is 11.3 Å². The molecule has 130 valence electrons. The van der Waals surface area contributed by atoms with E-state index < -0.39 is 10.8 Å². The molecule has 0 aliphatic carbocycles. The van der Waals surface area contributed by atoms with E-state index in [1.54, 1.807) is 11.9 Å².